The molecule has 2 atom stereocenters. The number of halogens is 2. The second-order valence-electron chi connectivity index (χ2n) is 5.69. The molecule has 0 amide bonds. The second-order valence-corrected chi connectivity index (χ2v) is 6.50. The lowest BCUT2D eigenvalue weighted by atomic mass is 9.93. The molecule has 0 aromatic heterocycles. The maximum atomic E-state index is 11.8. The molecule has 2 unspecified atom stereocenters. The van der Waals surface area contributed by atoms with Crippen molar-refractivity contribution in [1.29, 1.82) is 0 Å². The van der Waals surface area contributed by atoms with E-state index in [1.807, 2.05) is 36.4 Å². The van der Waals surface area contributed by atoms with E-state index in [9.17, 15) is 9.59 Å². The van der Waals surface area contributed by atoms with Crippen LogP contribution in [0, 0.1) is 0 Å². The minimum atomic E-state index is -1.20. The third kappa shape index (κ3) is 3.86. The third-order valence-corrected chi connectivity index (χ3v) is 4.87. The molecule has 0 fully saturated rings. The topological polar surface area (TPSA) is 63.6 Å². The van der Waals surface area contributed by atoms with Crippen LogP contribution in [0.4, 0.5) is 0 Å². The standard InChI is InChI=1S/C19H14Cl2O4/c20-15-6-5-11(9-16(15)21)14-10-17(13-4-2-1-3-12(13)14)25-19(24)8-7-18(22)23/h1-9,14,17H,10H2,(H,22,23)/b8-7-. The number of esters is 1. The van der Waals surface area contributed by atoms with Gasteiger partial charge in [-0.15, -0.1) is 0 Å². The molecule has 2 aromatic carbocycles. The number of carboxylic acids is 1. The molecule has 2 aromatic rings. The quantitative estimate of drug-likeness (QED) is 0.617. The molecule has 1 aliphatic carbocycles. The van der Waals surface area contributed by atoms with Crippen molar-refractivity contribution in [3.05, 3.63) is 81.4 Å². The van der Waals surface area contributed by atoms with Gasteiger partial charge in [0.15, 0.2) is 0 Å². The molecule has 3 rings (SSSR count). The molecule has 0 saturated carbocycles. The van der Waals surface area contributed by atoms with Gasteiger partial charge in [-0.25, -0.2) is 9.59 Å². The first-order valence-corrected chi connectivity index (χ1v) is 8.36. The minimum Gasteiger partial charge on any atom is -0.478 e. The molecule has 4 nitrogen and oxygen atoms in total. The summed E-state index contributed by atoms with van der Waals surface area (Å²) in [5.74, 6) is -1.86. The van der Waals surface area contributed by atoms with Crippen LogP contribution in [0.1, 0.15) is 35.1 Å². The lowest BCUT2D eigenvalue weighted by Crippen LogP contribution is -2.07. The molecule has 6 heteroatoms. The summed E-state index contributed by atoms with van der Waals surface area (Å²) in [7, 11) is 0. The summed E-state index contributed by atoms with van der Waals surface area (Å²) >= 11 is 12.1. The molecule has 25 heavy (non-hydrogen) atoms. The fourth-order valence-corrected chi connectivity index (χ4v) is 3.37. The van der Waals surface area contributed by atoms with Crippen molar-refractivity contribution < 1.29 is 19.4 Å². The van der Waals surface area contributed by atoms with E-state index in [4.69, 9.17) is 33.0 Å². The first-order valence-electron chi connectivity index (χ1n) is 7.61. The van der Waals surface area contributed by atoms with Gasteiger partial charge in [0.2, 0.25) is 0 Å². The van der Waals surface area contributed by atoms with Crippen molar-refractivity contribution in [1.82, 2.24) is 0 Å². The van der Waals surface area contributed by atoms with Crippen LogP contribution >= 0.6 is 23.2 Å². The van der Waals surface area contributed by atoms with Crippen molar-refractivity contribution >= 4 is 35.1 Å². The van der Waals surface area contributed by atoms with E-state index in [0.29, 0.717) is 16.5 Å². The predicted octanol–water partition coefficient (Wildman–Crippen LogP) is 4.75. The summed E-state index contributed by atoms with van der Waals surface area (Å²) < 4.78 is 5.45. The second kappa shape index (κ2) is 7.30. The van der Waals surface area contributed by atoms with E-state index < -0.39 is 18.0 Å². The predicted molar refractivity (Wildman–Crippen MR) is 95.0 cm³/mol. The zero-order valence-electron chi connectivity index (χ0n) is 13.0. The number of hydrogen-bond donors (Lipinski definition) is 1. The Kier molecular flexibility index (Phi) is 5.11. The lowest BCUT2D eigenvalue weighted by Gasteiger charge is -2.14. The van der Waals surface area contributed by atoms with Gasteiger partial charge in [-0.2, -0.15) is 0 Å². The van der Waals surface area contributed by atoms with Crippen LogP contribution in [0.5, 0.6) is 0 Å². The van der Waals surface area contributed by atoms with Gasteiger partial charge >= 0.3 is 11.9 Å². The molecule has 0 radical (unpaired) electrons. The Labute approximate surface area is 154 Å². The maximum Gasteiger partial charge on any atom is 0.331 e. The van der Waals surface area contributed by atoms with E-state index in [0.717, 1.165) is 28.8 Å². The molecule has 0 aliphatic heterocycles. The Balaban J connectivity index is 1.88. The van der Waals surface area contributed by atoms with E-state index in [-0.39, 0.29) is 5.92 Å². The fourth-order valence-electron chi connectivity index (χ4n) is 3.06. The fraction of sp³-hybridized carbons (Fsp3) is 0.158. The van der Waals surface area contributed by atoms with Gasteiger partial charge in [0, 0.05) is 18.1 Å². The number of aliphatic carboxylic acids is 1. The average molecular weight is 377 g/mol. The molecule has 1 aliphatic rings. The van der Waals surface area contributed by atoms with Crippen molar-refractivity contribution in [3.63, 3.8) is 0 Å². The number of carbonyl (C=O) groups excluding carboxylic acids is 1. The van der Waals surface area contributed by atoms with Gasteiger partial charge in [0.1, 0.15) is 6.10 Å². The molecule has 0 heterocycles. The first-order chi connectivity index (χ1) is 12.0. The van der Waals surface area contributed by atoms with E-state index >= 15 is 0 Å². The van der Waals surface area contributed by atoms with Gasteiger partial charge < -0.3 is 9.84 Å². The molecule has 128 valence electrons. The van der Waals surface area contributed by atoms with Crippen LogP contribution in [0.2, 0.25) is 10.0 Å². The number of rotatable bonds is 4. The largest absolute Gasteiger partial charge is 0.478 e. The summed E-state index contributed by atoms with van der Waals surface area (Å²) in [6, 6.07) is 13.2. The maximum absolute atomic E-state index is 11.8. The van der Waals surface area contributed by atoms with E-state index in [1.54, 1.807) is 6.07 Å². The lowest BCUT2D eigenvalue weighted by molar-refractivity contribution is -0.144. The Bertz CT molecular complexity index is 860. The van der Waals surface area contributed by atoms with Crippen LogP contribution in [-0.2, 0) is 14.3 Å². The third-order valence-electron chi connectivity index (χ3n) is 4.13. The molecule has 1 N–H and O–H groups in total. The van der Waals surface area contributed by atoms with Crippen LogP contribution in [-0.4, -0.2) is 17.0 Å². The van der Waals surface area contributed by atoms with Crippen LogP contribution in [0.3, 0.4) is 0 Å². The zero-order chi connectivity index (χ0) is 18.0. The highest BCUT2D eigenvalue weighted by molar-refractivity contribution is 6.42. The number of carbonyl (C=O) groups is 2. The van der Waals surface area contributed by atoms with Gasteiger partial charge in [0.05, 0.1) is 10.0 Å². The van der Waals surface area contributed by atoms with Gasteiger partial charge in [-0.05, 0) is 35.2 Å². The first kappa shape index (κ1) is 17.5. The van der Waals surface area contributed by atoms with Crippen molar-refractivity contribution in [3.8, 4) is 0 Å². The molecule has 0 bridgehead atoms. The highest BCUT2D eigenvalue weighted by Gasteiger charge is 2.34. The highest BCUT2D eigenvalue weighted by atomic mass is 35.5. The number of benzene rings is 2. The number of carboxylic acid groups (broad SMARTS) is 1. The molecule has 0 saturated heterocycles. The number of fused-ring (bicyclic) bond motifs is 1. The summed E-state index contributed by atoms with van der Waals surface area (Å²) in [6.45, 7) is 0. The van der Waals surface area contributed by atoms with Crippen LogP contribution in [0.15, 0.2) is 54.6 Å². The number of ether oxygens (including phenoxy) is 1. The van der Waals surface area contributed by atoms with Crippen molar-refractivity contribution in [2.75, 3.05) is 0 Å². The summed E-state index contributed by atoms with van der Waals surface area (Å²) in [4.78, 5) is 22.4. The highest BCUT2D eigenvalue weighted by Crippen LogP contribution is 2.46. The van der Waals surface area contributed by atoms with Gasteiger partial charge in [-0.3, -0.25) is 0 Å². The number of hydrogen-bond acceptors (Lipinski definition) is 3. The van der Waals surface area contributed by atoms with Crippen LogP contribution in [0.25, 0.3) is 0 Å². The van der Waals surface area contributed by atoms with Crippen molar-refractivity contribution in [2.45, 2.75) is 18.4 Å². The normalized spacial score (nSPS) is 19.0. The molecular weight excluding hydrogens is 363 g/mol. The Morgan fingerprint density at radius 1 is 1.04 bits per heavy atom. The molecular formula is C19H14Cl2O4. The SMILES string of the molecule is O=C(O)/C=C\C(=O)OC1CC(c2ccc(Cl)c(Cl)c2)c2ccccc21. The Morgan fingerprint density at radius 3 is 2.44 bits per heavy atom. The summed E-state index contributed by atoms with van der Waals surface area (Å²) in [5.41, 5.74) is 2.96. The molecule has 0 spiro atoms. The smallest absolute Gasteiger partial charge is 0.331 e. The summed E-state index contributed by atoms with van der Waals surface area (Å²) in [5, 5.41) is 9.56. The van der Waals surface area contributed by atoms with E-state index in [1.165, 1.54) is 0 Å². The average Bonchev–Trinajstić information content (AvgIpc) is 2.94. The van der Waals surface area contributed by atoms with Crippen LogP contribution < -0.4 is 0 Å². The zero-order valence-corrected chi connectivity index (χ0v) is 14.5. The van der Waals surface area contributed by atoms with Crippen molar-refractivity contribution in [2.24, 2.45) is 0 Å². The van der Waals surface area contributed by atoms with Gasteiger partial charge in [-0.1, -0.05) is 53.5 Å². The Morgan fingerprint density at radius 2 is 1.76 bits per heavy atom. The monoisotopic (exact) mass is 376 g/mol. The van der Waals surface area contributed by atoms with E-state index in [2.05, 4.69) is 0 Å². The Hall–Kier alpha value is -2.30. The minimum absolute atomic E-state index is 0.0206. The van der Waals surface area contributed by atoms with Gasteiger partial charge in [0.25, 0.3) is 0 Å². The summed E-state index contributed by atoms with van der Waals surface area (Å²) in [6.07, 6.45) is 1.79.